The van der Waals surface area contributed by atoms with E-state index in [-0.39, 0.29) is 18.0 Å². The van der Waals surface area contributed by atoms with Gasteiger partial charge in [0.2, 0.25) is 5.91 Å². The molecule has 0 saturated heterocycles. The molecule has 0 aliphatic rings. The second-order valence-corrected chi connectivity index (χ2v) is 13.4. The molecule has 2 unspecified atom stereocenters. The number of ether oxygens (including phenoxy) is 1. The number of hydrogen-bond acceptors (Lipinski definition) is 5. The molecule has 1 amide bonds. The predicted molar refractivity (Wildman–Crippen MR) is 188 cm³/mol. The molecule has 0 aromatic rings. The minimum atomic E-state index is -1.01. The lowest BCUT2D eigenvalue weighted by atomic mass is 10.0. The van der Waals surface area contributed by atoms with Gasteiger partial charge in [-0.3, -0.25) is 9.59 Å². The van der Waals surface area contributed by atoms with Crippen LogP contribution in [0.15, 0.2) is 0 Å². The Hall–Kier alpha value is -1.63. The fourth-order valence-corrected chi connectivity index (χ4v) is 5.98. The molecule has 0 aliphatic carbocycles. The summed E-state index contributed by atoms with van der Waals surface area (Å²) in [4.78, 5) is 36.1. The number of nitrogens with two attached hydrogens (primary N) is 1. The summed E-state index contributed by atoms with van der Waals surface area (Å²) in [6.45, 7) is 4.92. The van der Waals surface area contributed by atoms with Crippen molar-refractivity contribution in [2.45, 2.75) is 219 Å². The van der Waals surface area contributed by atoms with E-state index in [1.54, 1.807) is 0 Å². The molecule has 266 valence electrons. The van der Waals surface area contributed by atoms with Crippen molar-refractivity contribution in [3.8, 4) is 0 Å². The molecule has 7 nitrogen and oxygen atoms in total. The van der Waals surface area contributed by atoms with E-state index in [2.05, 4.69) is 19.2 Å². The number of unbranched alkanes of at least 4 members (excludes halogenated alkanes) is 21. The lowest BCUT2D eigenvalue weighted by molar-refractivity contribution is -0.150. The van der Waals surface area contributed by atoms with Crippen molar-refractivity contribution in [1.82, 2.24) is 5.32 Å². The van der Waals surface area contributed by atoms with Gasteiger partial charge in [-0.15, -0.1) is 0 Å². The number of nitrogens with one attached hydrogen (secondary N) is 1. The summed E-state index contributed by atoms with van der Waals surface area (Å²) in [7, 11) is 0. The number of carboxylic acid groups (broad SMARTS) is 1. The van der Waals surface area contributed by atoms with E-state index in [4.69, 9.17) is 10.5 Å². The Kier molecular flexibility index (Phi) is 32.5. The maximum absolute atomic E-state index is 12.6. The van der Waals surface area contributed by atoms with Crippen LogP contribution in [0.2, 0.25) is 0 Å². The van der Waals surface area contributed by atoms with Gasteiger partial charge >= 0.3 is 11.9 Å². The van der Waals surface area contributed by atoms with Crippen LogP contribution in [0.1, 0.15) is 206 Å². The van der Waals surface area contributed by atoms with Gasteiger partial charge in [-0.25, -0.2) is 4.79 Å². The average molecular weight is 639 g/mol. The first kappa shape index (κ1) is 43.4. The normalized spacial score (nSPS) is 12.6. The van der Waals surface area contributed by atoms with Crippen molar-refractivity contribution < 1.29 is 24.2 Å². The van der Waals surface area contributed by atoms with E-state index in [1.165, 1.54) is 109 Å². The summed E-state index contributed by atoms with van der Waals surface area (Å²) < 4.78 is 5.97. The minimum Gasteiger partial charge on any atom is -0.480 e. The number of hydrogen-bond donors (Lipinski definition) is 3. The first-order chi connectivity index (χ1) is 21.9. The zero-order valence-electron chi connectivity index (χ0n) is 29.7. The van der Waals surface area contributed by atoms with E-state index < -0.39 is 12.0 Å². The molecule has 0 radical (unpaired) electrons. The number of carboxylic acids is 1. The third-order valence-corrected chi connectivity index (χ3v) is 8.92. The summed E-state index contributed by atoms with van der Waals surface area (Å²) in [6, 6.07) is -0.858. The standard InChI is InChI=1S/C38H74N2O5/c1-3-5-7-9-11-12-13-14-15-16-17-18-20-26-32-37(42)45-34(28-23-19-10-8-6-4-2)29-24-21-22-25-31-36(41)40-35(38(43)44)30-27-33-39/h34-35H,3-33,39H2,1-2H3,(H,40,41)(H,43,44). The van der Waals surface area contributed by atoms with Crippen LogP contribution >= 0.6 is 0 Å². The minimum absolute atomic E-state index is 0.00233. The Morgan fingerprint density at radius 2 is 0.956 bits per heavy atom. The quantitative estimate of drug-likeness (QED) is 0.0469. The summed E-state index contributed by atoms with van der Waals surface area (Å²) >= 11 is 0. The molecule has 4 N–H and O–H groups in total. The van der Waals surface area contributed by atoms with Gasteiger partial charge in [0.1, 0.15) is 12.1 Å². The molecule has 7 heteroatoms. The predicted octanol–water partition coefficient (Wildman–Crippen LogP) is 10.2. The Morgan fingerprint density at radius 1 is 0.556 bits per heavy atom. The first-order valence-electron chi connectivity index (χ1n) is 19.4. The van der Waals surface area contributed by atoms with Crippen LogP contribution in [0.4, 0.5) is 0 Å². The van der Waals surface area contributed by atoms with Crippen LogP contribution in [0, 0.1) is 0 Å². The van der Waals surface area contributed by atoms with Crippen LogP contribution in [0.25, 0.3) is 0 Å². The molecule has 0 aromatic carbocycles. The molecule has 0 aliphatic heterocycles. The molecule has 0 bridgehead atoms. The smallest absolute Gasteiger partial charge is 0.326 e. The van der Waals surface area contributed by atoms with Gasteiger partial charge in [-0.2, -0.15) is 0 Å². The van der Waals surface area contributed by atoms with Crippen LogP contribution in [0.5, 0.6) is 0 Å². The average Bonchev–Trinajstić information content (AvgIpc) is 3.02. The zero-order chi connectivity index (χ0) is 33.2. The van der Waals surface area contributed by atoms with Crippen molar-refractivity contribution in [2.24, 2.45) is 5.73 Å². The van der Waals surface area contributed by atoms with Crippen LogP contribution in [-0.2, 0) is 19.1 Å². The molecule has 0 saturated carbocycles. The maximum Gasteiger partial charge on any atom is 0.326 e. The molecule has 0 rings (SSSR count). The monoisotopic (exact) mass is 639 g/mol. The Morgan fingerprint density at radius 3 is 1.38 bits per heavy atom. The zero-order valence-corrected chi connectivity index (χ0v) is 29.7. The molecule has 0 spiro atoms. The van der Waals surface area contributed by atoms with Gasteiger partial charge in [0.25, 0.3) is 0 Å². The Labute approximate surface area is 278 Å². The molecule has 45 heavy (non-hydrogen) atoms. The number of aliphatic carboxylic acids is 1. The lowest BCUT2D eigenvalue weighted by Gasteiger charge is -2.18. The van der Waals surface area contributed by atoms with E-state index in [0.29, 0.717) is 32.2 Å². The fraction of sp³-hybridized carbons (Fsp3) is 0.921. The van der Waals surface area contributed by atoms with Gasteiger partial charge in [-0.1, -0.05) is 142 Å². The van der Waals surface area contributed by atoms with Crippen molar-refractivity contribution in [2.75, 3.05) is 6.54 Å². The summed E-state index contributed by atoms with van der Waals surface area (Å²) in [5.74, 6) is -1.26. The largest absolute Gasteiger partial charge is 0.480 e. The van der Waals surface area contributed by atoms with Crippen molar-refractivity contribution in [3.63, 3.8) is 0 Å². The number of carbonyl (C=O) groups is 3. The van der Waals surface area contributed by atoms with Gasteiger partial charge in [0, 0.05) is 12.8 Å². The highest BCUT2D eigenvalue weighted by atomic mass is 16.5. The van der Waals surface area contributed by atoms with Crippen molar-refractivity contribution in [1.29, 1.82) is 0 Å². The Balaban J connectivity index is 4.14. The lowest BCUT2D eigenvalue weighted by Crippen LogP contribution is -2.40. The second-order valence-electron chi connectivity index (χ2n) is 13.4. The first-order valence-corrected chi connectivity index (χ1v) is 19.4. The van der Waals surface area contributed by atoms with E-state index >= 15 is 0 Å². The maximum atomic E-state index is 12.6. The number of carbonyl (C=O) groups excluding carboxylic acids is 2. The highest BCUT2D eigenvalue weighted by Crippen LogP contribution is 2.19. The summed E-state index contributed by atoms with van der Waals surface area (Å²) in [6.07, 6.45) is 32.9. The number of amides is 1. The van der Waals surface area contributed by atoms with Gasteiger partial charge < -0.3 is 20.9 Å². The number of rotatable bonds is 35. The molecule has 2 atom stereocenters. The fourth-order valence-electron chi connectivity index (χ4n) is 5.98. The molecule has 0 aromatic heterocycles. The third-order valence-electron chi connectivity index (χ3n) is 8.92. The van der Waals surface area contributed by atoms with Crippen LogP contribution < -0.4 is 11.1 Å². The summed E-state index contributed by atoms with van der Waals surface area (Å²) in [5.41, 5.74) is 5.47. The van der Waals surface area contributed by atoms with E-state index in [1.807, 2.05) is 0 Å². The molecular formula is C38H74N2O5. The SMILES string of the molecule is CCCCCCCCCCCCCCCCC(=O)OC(CCCCCCCC)CCCCCCC(=O)NC(CCCN)C(=O)O. The van der Waals surface area contributed by atoms with Crippen molar-refractivity contribution in [3.05, 3.63) is 0 Å². The number of esters is 1. The van der Waals surface area contributed by atoms with Crippen molar-refractivity contribution >= 4 is 17.8 Å². The molecule has 0 heterocycles. The molecule has 0 fully saturated rings. The van der Waals surface area contributed by atoms with Crippen LogP contribution in [0.3, 0.4) is 0 Å². The second kappa shape index (κ2) is 33.7. The topological polar surface area (TPSA) is 119 Å². The highest BCUT2D eigenvalue weighted by Gasteiger charge is 2.19. The van der Waals surface area contributed by atoms with Gasteiger partial charge in [0.05, 0.1) is 0 Å². The highest BCUT2D eigenvalue weighted by molar-refractivity contribution is 5.83. The van der Waals surface area contributed by atoms with Gasteiger partial charge in [-0.05, 0) is 57.9 Å². The Bertz CT molecular complexity index is 687. The summed E-state index contributed by atoms with van der Waals surface area (Å²) in [5, 5.41) is 11.9. The molecular weight excluding hydrogens is 564 g/mol. The van der Waals surface area contributed by atoms with Gasteiger partial charge in [0.15, 0.2) is 0 Å². The third kappa shape index (κ3) is 30.8. The van der Waals surface area contributed by atoms with E-state index in [0.717, 1.165) is 57.8 Å². The van der Waals surface area contributed by atoms with Crippen LogP contribution in [-0.4, -0.2) is 41.6 Å². The van der Waals surface area contributed by atoms with E-state index in [9.17, 15) is 19.5 Å².